The highest BCUT2D eigenvalue weighted by atomic mass is 14.4. The molecular weight excluding hydrogens is 156 g/mol. The van der Waals surface area contributed by atoms with Gasteiger partial charge in [0.15, 0.2) is 0 Å². The highest BCUT2D eigenvalue weighted by Gasteiger charge is 2.36. The molecule has 0 aliphatic heterocycles. The molecule has 0 aromatic rings. The van der Waals surface area contributed by atoms with Crippen LogP contribution in [0.3, 0.4) is 0 Å². The predicted octanol–water partition coefficient (Wildman–Crippen LogP) is 3.50. The van der Waals surface area contributed by atoms with E-state index >= 15 is 0 Å². The van der Waals surface area contributed by atoms with Crippen molar-refractivity contribution in [2.75, 3.05) is 0 Å². The van der Waals surface area contributed by atoms with Crippen LogP contribution in [0, 0.1) is 17.3 Å². The van der Waals surface area contributed by atoms with Crippen LogP contribution in [0.25, 0.3) is 0 Å². The lowest BCUT2D eigenvalue weighted by molar-refractivity contribution is 0.289. The van der Waals surface area contributed by atoms with Gasteiger partial charge in [0.05, 0.1) is 0 Å². The minimum atomic E-state index is 0.240. The van der Waals surface area contributed by atoms with Crippen LogP contribution in [0.15, 0.2) is 48.6 Å². The van der Waals surface area contributed by atoms with Gasteiger partial charge in [-0.1, -0.05) is 62.5 Å². The Bertz CT molecular complexity index is 276. The maximum atomic E-state index is 2.34. The third-order valence-electron chi connectivity index (χ3n) is 3.21. The van der Waals surface area contributed by atoms with E-state index in [1.807, 2.05) is 0 Å². The van der Waals surface area contributed by atoms with Crippen LogP contribution in [0.4, 0.5) is 0 Å². The molecule has 13 heavy (non-hydrogen) atoms. The van der Waals surface area contributed by atoms with Crippen LogP contribution in [-0.2, 0) is 0 Å². The fraction of sp³-hybridized carbons (Fsp3) is 0.385. The molecule has 0 spiro atoms. The van der Waals surface area contributed by atoms with Crippen LogP contribution in [-0.4, -0.2) is 0 Å². The van der Waals surface area contributed by atoms with E-state index in [2.05, 4.69) is 62.5 Å². The molecule has 0 heterocycles. The van der Waals surface area contributed by atoms with Gasteiger partial charge in [0.2, 0.25) is 0 Å². The molecule has 0 radical (unpaired) electrons. The number of allylic oxidation sites excluding steroid dienone is 8. The number of rotatable bonds is 1. The lowest BCUT2D eigenvalue weighted by Crippen LogP contribution is -2.32. The second-order valence-electron chi connectivity index (χ2n) is 4.17. The van der Waals surface area contributed by atoms with Crippen molar-refractivity contribution < 1.29 is 0 Å². The molecule has 0 saturated carbocycles. The normalized spacial score (nSPS) is 35.5. The van der Waals surface area contributed by atoms with Crippen LogP contribution in [0.1, 0.15) is 13.8 Å². The van der Waals surface area contributed by atoms with Gasteiger partial charge in [-0.15, -0.1) is 0 Å². The Balaban J connectivity index is 2.42. The first-order valence-electron chi connectivity index (χ1n) is 4.98. The van der Waals surface area contributed by atoms with E-state index in [4.69, 9.17) is 0 Å². The van der Waals surface area contributed by atoms with Crippen LogP contribution >= 0.6 is 0 Å². The van der Waals surface area contributed by atoms with Crippen LogP contribution < -0.4 is 0 Å². The molecule has 0 bridgehead atoms. The molecule has 68 valence electrons. The Kier molecular flexibility index (Phi) is 1.99. The summed E-state index contributed by atoms with van der Waals surface area (Å²) in [6.45, 7) is 4.58. The smallest absolute Gasteiger partial charge is 0.0188 e. The summed E-state index contributed by atoms with van der Waals surface area (Å²) in [5.74, 6) is 1.21. The number of hydrogen-bond acceptors (Lipinski definition) is 0. The van der Waals surface area contributed by atoms with E-state index in [0.29, 0.717) is 11.8 Å². The van der Waals surface area contributed by atoms with Crippen molar-refractivity contribution in [2.45, 2.75) is 13.8 Å². The molecule has 0 atom stereocenters. The molecule has 0 aromatic carbocycles. The van der Waals surface area contributed by atoms with E-state index in [0.717, 1.165) is 0 Å². The summed E-state index contributed by atoms with van der Waals surface area (Å²) in [6, 6.07) is 0. The average Bonchev–Trinajstić information content (AvgIpc) is 2.17. The van der Waals surface area contributed by atoms with Gasteiger partial charge in [-0.05, 0) is 5.92 Å². The highest BCUT2D eigenvalue weighted by molar-refractivity contribution is 5.34. The second-order valence-corrected chi connectivity index (χ2v) is 4.17. The van der Waals surface area contributed by atoms with Gasteiger partial charge in [-0.25, -0.2) is 0 Å². The van der Waals surface area contributed by atoms with Gasteiger partial charge in [-0.3, -0.25) is 0 Å². The topological polar surface area (TPSA) is 0 Å². The van der Waals surface area contributed by atoms with Crippen molar-refractivity contribution in [3.05, 3.63) is 48.6 Å². The standard InChI is InChI=1S/C13H16/c1-11(2)13-9-5-3-7-12(13)8-4-6-10-13/h3-12H,1-2H3. The monoisotopic (exact) mass is 172 g/mol. The van der Waals surface area contributed by atoms with Gasteiger partial charge >= 0.3 is 0 Å². The van der Waals surface area contributed by atoms with E-state index in [1.165, 1.54) is 0 Å². The van der Waals surface area contributed by atoms with E-state index in [9.17, 15) is 0 Å². The summed E-state index contributed by atoms with van der Waals surface area (Å²) >= 11 is 0. The van der Waals surface area contributed by atoms with Gasteiger partial charge in [-0.2, -0.15) is 0 Å². The Labute approximate surface area is 80.3 Å². The summed E-state index contributed by atoms with van der Waals surface area (Å²) in [5, 5.41) is 0. The van der Waals surface area contributed by atoms with E-state index < -0.39 is 0 Å². The van der Waals surface area contributed by atoms with Crippen LogP contribution in [0.5, 0.6) is 0 Å². The summed E-state index contributed by atoms with van der Waals surface area (Å²) in [6.07, 6.45) is 17.9. The minimum absolute atomic E-state index is 0.240. The Morgan fingerprint density at radius 3 is 1.85 bits per heavy atom. The molecule has 0 fully saturated rings. The molecule has 0 nitrogen and oxygen atoms in total. The third-order valence-corrected chi connectivity index (χ3v) is 3.21. The van der Waals surface area contributed by atoms with E-state index in [-0.39, 0.29) is 5.41 Å². The number of hydrogen-bond donors (Lipinski definition) is 0. The molecule has 2 aliphatic carbocycles. The fourth-order valence-corrected chi connectivity index (χ4v) is 2.26. The maximum absolute atomic E-state index is 2.34. The summed E-state index contributed by atoms with van der Waals surface area (Å²) < 4.78 is 0. The molecule has 2 aliphatic rings. The third kappa shape index (κ3) is 1.21. The van der Waals surface area contributed by atoms with Crippen molar-refractivity contribution in [3.63, 3.8) is 0 Å². The Morgan fingerprint density at radius 1 is 0.923 bits per heavy atom. The Hall–Kier alpha value is -1.04. The number of fused-ring (bicyclic) bond motifs is 1. The van der Waals surface area contributed by atoms with E-state index in [1.54, 1.807) is 0 Å². The minimum Gasteiger partial charge on any atom is -0.0764 e. The van der Waals surface area contributed by atoms with Gasteiger partial charge in [0.25, 0.3) is 0 Å². The molecule has 0 unspecified atom stereocenters. The summed E-state index contributed by atoms with van der Waals surface area (Å²) in [4.78, 5) is 0. The predicted molar refractivity (Wildman–Crippen MR) is 57.3 cm³/mol. The first-order valence-corrected chi connectivity index (χ1v) is 4.98. The lowest BCUT2D eigenvalue weighted by Gasteiger charge is -2.39. The van der Waals surface area contributed by atoms with Gasteiger partial charge in [0.1, 0.15) is 0 Å². The molecule has 0 heteroatoms. The van der Waals surface area contributed by atoms with Crippen molar-refractivity contribution >= 4 is 0 Å². The first-order chi connectivity index (χ1) is 6.26. The maximum Gasteiger partial charge on any atom is 0.0188 e. The first kappa shape index (κ1) is 8.55. The van der Waals surface area contributed by atoms with Crippen molar-refractivity contribution in [1.82, 2.24) is 0 Å². The van der Waals surface area contributed by atoms with Crippen LogP contribution in [0.2, 0.25) is 0 Å². The van der Waals surface area contributed by atoms with Crippen molar-refractivity contribution in [3.8, 4) is 0 Å². The SMILES string of the molecule is CC(C)C12C=CC=CC1C=CC=C2. The van der Waals surface area contributed by atoms with Crippen molar-refractivity contribution in [2.24, 2.45) is 17.3 Å². The molecular formula is C13H16. The zero-order valence-corrected chi connectivity index (χ0v) is 8.27. The average molecular weight is 172 g/mol. The molecule has 0 amide bonds. The molecule has 0 saturated heterocycles. The second kappa shape index (κ2) is 3.02. The van der Waals surface area contributed by atoms with Gasteiger partial charge in [0, 0.05) is 11.3 Å². The largest absolute Gasteiger partial charge is 0.0764 e. The molecule has 0 N–H and O–H groups in total. The Morgan fingerprint density at radius 2 is 1.46 bits per heavy atom. The molecule has 2 rings (SSSR count). The zero-order valence-electron chi connectivity index (χ0n) is 8.27. The highest BCUT2D eigenvalue weighted by Crippen LogP contribution is 2.44. The van der Waals surface area contributed by atoms with Crippen molar-refractivity contribution in [1.29, 1.82) is 0 Å². The lowest BCUT2D eigenvalue weighted by atomic mass is 9.64. The molecule has 0 aromatic heterocycles. The summed E-state index contributed by atoms with van der Waals surface area (Å²) in [5.41, 5.74) is 0.240. The fourth-order valence-electron chi connectivity index (χ4n) is 2.26. The quantitative estimate of drug-likeness (QED) is 0.568. The van der Waals surface area contributed by atoms with Gasteiger partial charge < -0.3 is 0 Å². The zero-order chi connectivity index (χ0) is 9.31. The summed E-state index contributed by atoms with van der Waals surface area (Å²) in [7, 11) is 0.